The van der Waals surface area contributed by atoms with Gasteiger partial charge in [-0.05, 0) is 27.2 Å². The maximum atomic E-state index is 8.70. The van der Waals surface area contributed by atoms with Gasteiger partial charge in [0.05, 0.1) is 12.2 Å². The van der Waals surface area contributed by atoms with Gasteiger partial charge in [0, 0.05) is 7.11 Å². The van der Waals surface area contributed by atoms with Crippen molar-refractivity contribution in [3.63, 3.8) is 0 Å². The zero-order valence-electron chi connectivity index (χ0n) is 7.85. The second-order valence-corrected chi connectivity index (χ2v) is 3.38. The fourth-order valence-corrected chi connectivity index (χ4v) is 0.568. The molecule has 0 rings (SSSR count). The third kappa shape index (κ3) is 4.99. The van der Waals surface area contributed by atoms with E-state index in [0.29, 0.717) is 0 Å². The molecular weight excluding hydrogens is 140 g/mol. The Hall–Kier alpha value is -0.340. The number of rotatable bonds is 4. The van der Waals surface area contributed by atoms with E-state index in [1.54, 1.807) is 7.11 Å². The maximum Gasteiger partial charge on any atom is 0.0657 e. The highest BCUT2D eigenvalue weighted by Crippen LogP contribution is 2.14. The van der Waals surface area contributed by atoms with Crippen LogP contribution in [0.5, 0.6) is 0 Å². The first kappa shape index (κ1) is 10.7. The van der Waals surface area contributed by atoms with Crippen LogP contribution in [0.2, 0.25) is 0 Å². The second-order valence-electron chi connectivity index (χ2n) is 3.38. The van der Waals surface area contributed by atoms with Crippen LogP contribution < -0.4 is 0 Å². The summed E-state index contributed by atoms with van der Waals surface area (Å²) in [4.78, 5) is 0. The Kier molecular flexibility index (Phi) is 4.38. The van der Waals surface area contributed by atoms with Crippen molar-refractivity contribution in [3.05, 3.63) is 11.6 Å². The molecule has 0 saturated carbocycles. The van der Waals surface area contributed by atoms with Crippen molar-refractivity contribution in [2.45, 2.75) is 32.8 Å². The number of aliphatic hydroxyl groups excluding tert-OH is 1. The molecule has 2 nitrogen and oxygen atoms in total. The highest BCUT2D eigenvalue weighted by molar-refractivity contribution is 5.00. The molecule has 2 heteroatoms. The van der Waals surface area contributed by atoms with Crippen molar-refractivity contribution in [1.29, 1.82) is 0 Å². The first-order valence-corrected chi connectivity index (χ1v) is 3.83. The molecule has 0 atom stereocenters. The third-order valence-electron chi connectivity index (χ3n) is 1.74. The van der Waals surface area contributed by atoms with Gasteiger partial charge in [-0.2, -0.15) is 0 Å². The van der Waals surface area contributed by atoms with Gasteiger partial charge in [-0.25, -0.2) is 0 Å². The van der Waals surface area contributed by atoms with Crippen molar-refractivity contribution >= 4 is 0 Å². The standard InChI is InChI=1S/C9H18O2/c1-8(7-10)5-6-9(2,3)11-4/h5,10H,6-7H2,1-4H3/b8-5+. The molecule has 0 spiro atoms. The molecule has 0 aromatic rings. The first-order valence-electron chi connectivity index (χ1n) is 3.83. The Morgan fingerprint density at radius 2 is 2.09 bits per heavy atom. The van der Waals surface area contributed by atoms with Gasteiger partial charge in [-0.1, -0.05) is 11.6 Å². The van der Waals surface area contributed by atoms with Gasteiger partial charge in [-0.15, -0.1) is 0 Å². The summed E-state index contributed by atoms with van der Waals surface area (Å²) in [6, 6.07) is 0. The van der Waals surface area contributed by atoms with E-state index in [1.165, 1.54) is 0 Å². The minimum Gasteiger partial charge on any atom is -0.392 e. The predicted molar refractivity (Wildman–Crippen MR) is 46.5 cm³/mol. The minimum absolute atomic E-state index is 0.115. The Labute approximate surface area is 68.9 Å². The van der Waals surface area contributed by atoms with E-state index in [-0.39, 0.29) is 12.2 Å². The molecule has 0 fully saturated rings. The highest BCUT2D eigenvalue weighted by atomic mass is 16.5. The molecule has 0 radical (unpaired) electrons. The van der Waals surface area contributed by atoms with Crippen molar-refractivity contribution in [1.82, 2.24) is 0 Å². The molecule has 0 aliphatic carbocycles. The summed E-state index contributed by atoms with van der Waals surface area (Å²) >= 11 is 0. The smallest absolute Gasteiger partial charge is 0.0657 e. The van der Waals surface area contributed by atoms with E-state index in [2.05, 4.69) is 0 Å². The number of ether oxygens (including phenoxy) is 1. The monoisotopic (exact) mass is 158 g/mol. The lowest BCUT2D eigenvalue weighted by Crippen LogP contribution is -2.21. The molecule has 0 aromatic heterocycles. The van der Waals surface area contributed by atoms with E-state index in [1.807, 2.05) is 26.8 Å². The molecule has 0 aliphatic heterocycles. The summed E-state index contributed by atoms with van der Waals surface area (Å²) in [5.41, 5.74) is 0.881. The average molecular weight is 158 g/mol. The summed E-state index contributed by atoms with van der Waals surface area (Å²) in [6.45, 7) is 6.09. The summed E-state index contributed by atoms with van der Waals surface area (Å²) in [6.07, 6.45) is 2.85. The number of methoxy groups -OCH3 is 1. The minimum atomic E-state index is -0.115. The van der Waals surface area contributed by atoms with Crippen LogP contribution in [0.4, 0.5) is 0 Å². The molecule has 1 N–H and O–H groups in total. The molecule has 0 bridgehead atoms. The van der Waals surface area contributed by atoms with Crippen LogP contribution in [-0.4, -0.2) is 24.4 Å². The molecule has 66 valence electrons. The molecule has 0 heterocycles. The SMILES string of the molecule is COC(C)(C)C/C=C(\C)CO. The van der Waals surface area contributed by atoms with Crippen LogP contribution in [0.1, 0.15) is 27.2 Å². The van der Waals surface area contributed by atoms with Crippen LogP contribution in [0.3, 0.4) is 0 Å². The predicted octanol–water partition coefficient (Wildman–Crippen LogP) is 1.74. The summed E-state index contributed by atoms with van der Waals surface area (Å²) < 4.78 is 5.21. The van der Waals surface area contributed by atoms with Crippen molar-refractivity contribution < 1.29 is 9.84 Å². The Balaban J connectivity index is 3.86. The van der Waals surface area contributed by atoms with E-state index in [9.17, 15) is 0 Å². The molecule has 0 aromatic carbocycles. The zero-order valence-corrected chi connectivity index (χ0v) is 7.85. The fraction of sp³-hybridized carbons (Fsp3) is 0.778. The number of hydrogen-bond acceptors (Lipinski definition) is 2. The molecule has 0 amide bonds. The Morgan fingerprint density at radius 3 is 2.45 bits per heavy atom. The highest BCUT2D eigenvalue weighted by Gasteiger charge is 2.13. The van der Waals surface area contributed by atoms with Crippen LogP contribution >= 0.6 is 0 Å². The van der Waals surface area contributed by atoms with Gasteiger partial charge in [0.15, 0.2) is 0 Å². The van der Waals surface area contributed by atoms with Gasteiger partial charge >= 0.3 is 0 Å². The average Bonchev–Trinajstić information content (AvgIpc) is 2.00. The fourth-order valence-electron chi connectivity index (χ4n) is 0.568. The lowest BCUT2D eigenvalue weighted by atomic mass is 10.0. The number of hydrogen-bond donors (Lipinski definition) is 1. The number of aliphatic hydroxyl groups is 1. The summed E-state index contributed by atoms with van der Waals surface area (Å²) in [5, 5.41) is 8.70. The van der Waals surface area contributed by atoms with Gasteiger partial charge in [0.2, 0.25) is 0 Å². The van der Waals surface area contributed by atoms with Gasteiger partial charge < -0.3 is 9.84 Å². The van der Waals surface area contributed by atoms with Gasteiger partial charge in [0.1, 0.15) is 0 Å². The van der Waals surface area contributed by atoms with Crippen molar-refractivity contribution in [2.75, 3.05) is 13.7 Å². The molecule has 0 saturated heterocycles. The second kappa shape index (κ2) is 4.52. The molecule has 0 unspecified atom stereocenters. The van der Waals surface area contributed by atoms with Crippen LogP contribution in [0.15, 0.2) is 11.6 Å². The molecule has 11 heavy (non-hydrogen) atoms. The molecular formula is C9H18O2. The lowest BCUT2D eigenvalue weighted by Gasteiger charge is -2.20. The third-order valence-corrected chi connectivity index (χ3v) is 1.74. The largest absolute Gasteiger partial charge is 0.392 e. The lowest BCUT2D eigenvalue weighted by molar-refractivity contribution is 0.0252. The summed E-state index contributed by atoms with van der Waals surface area (Å²) in [7, 11) is 1.70. The van der Waals surface area contributed by atoms with Gasteiger partial charge in [0.25, 0.3) is 0 Å². The van der Waals surface area contributed by atoms with E-state index in [4.69, 9.17) is 9.84 Å². The van der Waals surface area contributed by atoms with E-state index in [0.717, 1.165) is 12.0 Å². The first-order chi connectivity index (χ1) is 5.02. The Morgan fingerprint density at radius 1 is 1.55 bits per heavy atom. The molecule has 0 aliphatic rings. The summed E-state index contributed by atoms with van der Waals surface area (Å²) in [5.74, 6) is 0. The zero-order chi connectivity index (χ0) is 8.91. The quantitative estimate of drug-likeness (QED) is 0.631. The van der Waals surface area contributed by atoms with Gasteiger partial charge in [-0.3, -0.25) is 0 Å². The van der Waals surface area contributed by atoms with Crippen molar-refractivity contribution in [3.8, 4) is 0 Å². The topological polar surface area (TPSA) is 29.5 Å². The van der Waals surface area contributed by atoms with E-state index >= 15 is 0 Å². The van der Waals surface area contributed by atoms with Crippen LogP contribution in [0.25, 0.3) is 0 Å². The Bertz CT molecular complexity index is 136. The van der Waals surface area contributed by atoms with Crippen LogP contribution in [-0.2, 0) is 4.74 Å². The van der Waals surface area contributed by atoms with Crippen LogP contribution in [0, 0.1) is 0 Å². The van der Waals surface area contributed by atoms with E-state index < -0.39 is 0 Å². The van der Waals surface area contributed by atoms with Crippen molar-refractivity contribution in [2.24, 2.45) is 0 Å². The maximum absolute atomic E-state index is 8.70. The normalized spacial score (nSPS) is 13.7.